The molecule has 7 heteroatoms. The molecule has 0 amide bonds. The second-order valence-corrected chi connectivity index (χ2v) is 6.42. The first-order chi connectivity index (χ1) is 11.5. The van der Waals surface area contributed by atoms with Crippen LogP contribution in [0.4, 0.5) is 10.3 Å². The van der Waals surface area contributed by atoms with Gasteiger partial charge in [-0.15, -0.1) is 0 Å². The summed E-state index contributed by atoms with van der Waals surface area (Å²) in [5.74, 6) is 0.126. The number of carbonyl (C=O) groups excluding carboxylic acids is 1. The number of nitrogens with zero attached hydrogens (tertiary/aromatic N) is 2. The lowest BCUT2D eigenvalue weighted by Gasteiger charge is -2.01. The Morgan fingerprint density at radius 3 is 2.56 bits per heavy atom. The highest BCUT2D eigenvalue weighted by Crippen LogP contribution is 2.20. The molecule has 0 radical (unpaired) electrons. The molecule has 0 aliphatic heterocycles. The molecular weight excluding hydrogens is 453 g/mol. The molecule has 3 aromatic rings. The van der Waals surface area contributed by atoms with Gasteiger partial charge in [-0.05, 0) is 36.4 Å². The smallest absolute Gasteiger partial charge is 0.355 e. The van der Waals surface area contributed by atoms with E-state index in [9.17, 15) is 9.18 Å². The van der Waals surface area contributed by atoms with Gasteiger partial charge in [0.25, 0.3) is 0 Å². The van der Waals surface area contributed by atoms with Gasteiger partial charge in [0, 0.05) is 15.6 Å². The number of nitrogen functional groups attached to an aromatic ring is 1. The molecule has 25 heavy (non-hydrogen) atoms. The molecule has 0 fully saturated rings. The highest BCUT2D eigenvalue weighted by molar-refractivity contribution is 9.10. The summed E-state index contributed by atoms with van der Waals surface area (Å²) in [7, 11) is 1.81. The molecule has 0 aliphatic rings. The number of rotatable bonds is 4. The minimum absolute atomic E-state index is 0. The third kappa shape index (κ3) is 4.16. The summed E-state index contributed by atoms with van der Waals surface area (Å²) in [6.07, 6.45) is 1.80. The third-order valence-corrected chi connectivity index (χ3v) is 4.37. The molecule has 0 unspecified atom stereocenters. The number of imidazole rings is 1. The van der Waals surface area contributed by atoms with Gasteiger partial charge in [-0.2, -0.15) is 0 Å². The molecule has 0 saturated carbocycles. The van der Waals surface area contributed by atoms with Crippen LogP contribution in [0.15, 0.2) is 59.2 Å². The van der Waals surface area contributed by atoms with Crippen LogP contribution in [-0.2, 0) is 13.6 Å². The van der Waals surface area contributed by atoms with E-state index in [0.29, 0.717) is 11.5 Å². The maximum absolute atomic E-state index is 13.1. The lowest BCUT2D eigenvalue weighted by atomic mass is 10.1. The highest BCUT2D eigenvalue weighted by Gasteiger charge is 2.20. The zero-order valence-corrected chi connectivity index (χ0v) is 16.6. The molecule has 0 saturated heterocycles. The van der Waals surface area contributed by atoms with Gasteiger partial charge in [-0.1, -0.05) is 28.1 Å². The first-order valence-electron chi connectivity index (χ1n) is 7.35. The second kappa shape index (κ2) is 7.93. The topological polar surface area (TPSA) is 51.9 Å². The molecule has 1 aromatic heterocycles. The van der Waals surface area contributed by atoms with Crippen molar-refractivity contribution in [3.63, 3.8) is 0 Å². The van der Waals surface area contributed by atoms with Crippen molar-refractivity contribution in [2.45, 2.75) is 6.54 Å². The van der Waals surface area contributed by atoms with Gasteiger partial charge >= 0.3 is 5.95 Å². The fraction of sp³-hybridized carbons (Fsp3) is 0.111. The lowest BCUT2D eigenvalue weighted by Crippen LogP contribution is -3.00. The standard InChI is InChI=1S/C18H15BrFN3O.BrH/c1-22-16(12-5-7-15(20)8-6-12)10-23(18(22)21)11-17(24)13-3-2-4-14(19)9-13;/h2-10,21H,11H2,1H3;1H. The number of Topliss-reactive ketones (excluding diaryl/α,β-unsaturated/α-hetero) is 1. The Bertz CT molecular complexity index is 907. The number of hydrogen-bond acceptors (Lipinski definition) is 2. The number of ketones is 1. The van der Waals surface area contributed by atoms with E-state index < -0.39 is 0 Å². The molecule has 2 N–H and O–H groups in total. The van der Waals surface area contributed by atoms with Crippen LogP contribution in [-0.4, -0.2) is 10.4 Å². The van der Waals surface area contributed by atoms with E-state index >= 15 is 0 Å². The molecule has 0 atom stereocenters. The summed E-state index contributed by atoms with van der Waals surface area (Å²) in [5.41, 5.74) is 8.38. The molecule has 130 valence electrons. The van der Waals surface area contributed by atoms with Crippen LogP contribution in [0.5, 0.6) is 0 Å². The molecule has 0 aliphatic carbocycles. The van der Waals surface area contributed by atoms with Crippen LogP contribution in [0.2, 0.25) is 0 Å². The number of nitrogens with two attached hydrogens (primary N) is 1. The normalized spacial score (nSPS) is 10.4. The van der Waals surface area contributed by atoms with Crippen LogP contribution >= 0.6 is 15.9 Å². The minimum atomic E-state index is -0.293. The van der Waals surface area contributed by atoms with Crippen molar-refractivity contribution in [3.8, 4) is 11.3 Å². The predicted molar refractivity (Wildman–Crippen MR) is 93.9 cm³/mol. The Morgan fingerprint density at radius 2 is 1.92 bits per heavy atom. The maximum atomic E-state index is 13.1. The quantitative estimate of drug-likeness (QED) is 0.443. The summed E-state index contributed by atoms with van der Waals surface area (Å²) in [5, 5.41) is 0. The van der Waals surface area contributed by atoms with Gasteiger partial charge in [-0.25, -0.2) is 13.5 Å². The van der Waals surface area contributed by atoms with Crippen LogP contribution < -0.4 is 27.3 Å². The fourth-order valence-electron chi connectivity index (χ4n) is 2.54. The summed E-state index contributed by atoms with van der Waals surface area (Å²) < 4.78 is 17.4. The Balaban J connectivity index is 0.00000225. The largest absolute Gasteiger partial charge is 1.00 e. The molecule has 2 aromatic carbocycles. The fourth-order valence-corrected chi connectivity index (χ4v) is 2.94. The SMILES string of the molecule is Cn1c(-c2ccc(F)cc2)c[n+](CC(=O)c2cccc(Br)c2)c1N.[Br-]. The van der Waals surface area contributed by atoms with E-state index in [0.717, 1.165) is 15.7 Å². The van der Waals surface area contributed by atoms with E-state index in [4.69, 9.17) is 5.73 Å². The summed E-state index contributed by atoms with van der Waals surface area (Å²) in [6, 6.07) is 13.4. The molecule has 4 nitrogen and oxygen atoms in total. The van der Waals surface area contributed by atoms with Crippen LogP contribution in [0.25, 0.3) is 11.3 Å². The molecular formula is C18H16Br2FN3O. The number of anilines is 1. The van der Waals surface area contributed by atoms with Crippen LogP contribution in [0.3, 0.4) is 0 Å². The Morgan fingerprint density at radius 1 is 1.24 bits per heavy atom. The zero-order valence-electron chi connectivity index (χ0n) is 13.4. The van der Waals surface area contributed by atoms with E-state index in [2.05, 4.69) is 15.9 Å². The monoisotopic (exact) mass is 467 g/mol. The summed E-state index contributed by atoms with van der Waals surface area (Å²) >= 11 is 3.36. The van der Waals surface area contributed by atoms with Crippen molar-refractivity contribution >= 4 is 27.7 Å². The van der Waals surface area contributed by atoms with Gasteiger partial charge in [0.1, 0.15) is 24.3 Å². The molecule has 3 rings (SSSR count). The van der Waals surface area contributed by atoms with Crippen molar-refractivity contribution < 1.29 is 30.7 Å². The first kappa shape index (κ1) is 19.3. The minimum Gasteiger partial charge on any atom is -1.00 e. The highest BCUT2D eigenvalue weighted by atomic mass is 79.9. The van der Waals surface area contributed by atoms with Crippen LogP contribution in [0, 0.1) is 5.82 Å². The molecule has 0 bridgehead atoms. The third-order valence-electron chi connectivity index (χ3n) is 3.88. The Hall–Kier alpha value is -1.99. The predicted octanol–water partition coefficient (Wildman–Crippen LogP) is 0.350. The summed E-state index contributed by atoms with van der Waals surface area (Å²) in [6.45, 7) is 0.136. The van der Waals surface area contributed by atoms with Crippen molar-refractivity contribution in [2.75, 3.05) is 5.73 Å². The van der Waals surface area contributed by atoms with E-state index in [-0.39, 0.29) is 35.1 Å². The lowest BCUT2D eigenvalue weighted by molar-refractivity contribution is -0.667. The van der Waals surface area contributed by atoms with E-state index in [1.807, 2.05) is 19.2 Å². The number of carbonyl (C=O) groups is 1. The Kier molecular flexibility index (Phi) is 6.13. The van der Waals surface area contributed by atoms with Gasteiger partial charge < -0.3 is 17.0 Å². The molecule has 0 spiro atoms. The first-order valence-corrected chi connectivity index (χ1v) is 8.14. The van der Waals surface area contributed by atoms with E-state index in [1.54, 1.807) is 39.6 Å². The average molecular weight is 469 g/mol. The Labute approximate surface area is 164 Å². The maximum Gasteiger partial charge on any atom is 0.355 e. The van der Waals surface area contributed by atoms with Crippen molar-refractivity contribution in [1.29, 1.82) is 0 Å². The van der Waals surface area contributed by atoms with Crippen molar-refractivity contribution in [2.24, 2.45) is 7.05 Å². The number of halogens is 3. The molecule has 1 heterocycles. The summed E-state index contributed by atoms with van der Waals surface area (Å²) in [4.78, 5) is 12.5. The zero-order chi connectivity index (χ0) is 17.3. The van der Waals surface area contributed by atoms with Crippen molar-refractivity contribution in [3.05, 3.63) is 70.6 Å². The van der Waals surface area contributed by atoms with Gasteiger partial charge in [0.05, 0.1) is 7.05 Å². The van der Waals surface area contributed by atoms with Gasteiger partial charge in [-0.3, -0.25) is 10.5 Å². The second-order valence-electron chi connectivity index (χ2n) is 5.50. The van der Waals surface area contributed by atoms with Gasteiger partial charge in [0.15, 0.2) is 5.78 Å². The number of benzene rings is 2. The number of aromatic nitrogens is 2. The number of hydrogen-bond donors (Lipinski definition) is 1. The average Bonchev–Trinajstić information content (AvgIpc) is 2.84. The van der Waals surface area contributed by atoms with E-state index in [1.165, 1.54) is 12.1 Å². The van der Waals surface area contributed by atoms with Gasteiger partial charge in [0.2, 0.25) is 0 Å². The van der Waals surface area contributed by atoms with Crippen LogP contribution in [0.1, 0.15) is 10.4 Å². The van der Waals surface area contributed by atoms with Crippen molar-refractivity contribution in [1.82, 2.24) is 4.57 Å².